The fourth-order valence-electron chi connectivity index (χ4n) is 0.544. The zero-order valence-electron chi connectivity index (χ0n) is 5.13. The fourth-order valence-corrected chi connectivity index (χ4v) is 0.544. The van der Waals surface area contributed by atoms with E-state index in [-0.39, 0.29) is 20.4 Å². The van der Waals surface area contributed by atoms with E-state index in [0.717, 1.165) is 12.1 Å². The Balaban J connectivity index is 0.000000640. The monoisotopic (exact) mass is 297 g/mol. The van der Waals surface area contributed by atoms with Crippen LogP contribution in [0.5, 0.6) is 0 Å². The van der Waals surface area contributed by atoms with Gasteiger partial charge >= 0.3 is 0 Å². The Morgan fingerprint density at radius 2 is 2.56 bits per heavy atom. The molecule has 9 heavy (non-hydrogen) atoms. The molecule has 0 atom stereocenters. The first-order chi connectivity index (χ1) is 3.93. The van der Waals surface area contributed by atoms with Crippen molar-refractivity contribution in [3.8, 4) is 0 Å². The summed E-state index contributed by atoms with van der Waals surface area (Å²) in [5.41, 5.74) is 1.13. The number of hydrogen-bond donors (Lipinski definition) is 1. The van der Waals surface area contributed by atoms with Gasteiger partial charge in [-0.2, -0.15) is 6.20 Å². The van der Waals surface area contributed by atoms with Crippen molar-refractivity contribution in [1.29, 1.82) is 0 Å². The molecule has 0 saturated carbocycles. The molecule has 51 valence electrons. The van der Waals surface area contributed by atoms with Crippen molar-refractivity contribution in [3.05, 3.63) is 18.0 Å². The Labute approximate surface area is 67.9 Å². The van der Waals surface area contributed by atoms with Crippen LogP contribution in [0.4, 0.5) is 0 Å². The van der Waals surface area contributed by atoms with Gasteiger partial charge in [0.1, 0.15) is 0 Å². The summed E-state index contributed by atoms with van der Waals surface area (Å²) in [5.74, 6) is 0. The molecule has 0 bridgehead atoms. The topological polar surface area (TPSA) is 39.0 Å². The van der Waals surface area contributed by atoms with Crippen LogP contribution in [0, 0.1) is 0 Å². The maximum atomic E-state index is 3.65. The maximum Gasteiger partial charge on any atom is 0.0199 e. The van der Waals surface area contributed by atoms with Crippen LogP contribution in [-0.2, 0) is 27.0 Å². The predicted octanol–water partition coefficient (Wildman–Crippen LogP) is -0.244. The molecular formula is C5H8N3Re-. The summed E-state index contributed by atoms with van der Waals surface area (Å²) in [4.78, 5) is 0. The zero-order chi connectivity index (χ0) is 5.82. The van der Waals surface area contributed by atoms with Crippen molar-refractivity contribution in [2.75, 3.05) is 7.05 Å². The number of aromatic nitrogens is 2. The molecule has 1 heterocycles. The molecule has 1 radical (unpaired) electrons. The molecule has 1 aromatic rings. The molecule has 0 amide bonds. The van der Waals surface area contributed by atoms with E-state index in [9.17, 15) is 0 Å². The van der Waals surface area contributed by atoms with Crippen LogP contribution in [0.2, 0.25) is 0 Å². The summed E-state index contributed by atoms with van der Waals surface area (Å²) in [7, 11) is 1.90. The Bertz CT molecular complexity index is 138. The van der Waals surface area contributed by atoms with Crippen molar-refractivity contribution in [1.82, 2.24) is 15.5 Å². The summed E-state index contributed by atoms with van der Waals surface area (Å²) in [6.07, 6.45) is 3.49. The third-order valence-corrected chi connectivity index (χ3v) is 0.895. The molecule has 0 aliphatic rings. The summed E-state index contributed by atoms with van der Waals surface area (Å²) < 4.78 is 0. The largest absolute Gasteiger partial charge is 0.581 e. The molecule has 4 heteroatoms. The van der Waals surface area contributed by atoms with Gasteiger partial charge in [-0.3, -0.25) is 0 Å². The third-order valence-electron chi connectivity index (χ3n) is 0.895. The van der Waals surface area contributed by atoms with Crippen LogP contribution < -0.4 is 10.4 Å². The van der Waals surface area contributed by atoms with Gasteiger partial charge in [0.15, 0.2) is 0 Å². The van der Waals surface area contributed by atoms with Gasteiger partial charge in [0.05, 0.1) is 0 Å². The van der Waals surface area contributed by atoms with E-state index >= 15 is 0 Å². The second-order valence-corrected chi connectivity index (χ2v) is 1.59. The maximum absolute atomic E-state index is 3.65. The number of nitrogens with zero attached hydrogens (tertiary/aromatic N) is 2. The molecule has 1 N–H and O–H groups in total. The van der Waals surface area contributed by atoms with E-state index in [1.807, 2.05) is 7.05 Å². The minimum absolute atomic E-state index is 0. The van der Waals surface area contributed by atoms with Crippen LogP contribution in [0.1, 0.15) is 5.56 Å². The molecule has 0 saturated heterocycles. The molecule has 3 nitrogen and oxygen atoms in total. The number of hydrogen-bond acceptors (Lipinski definition) is 2. The molecule has 1 aromatic heterocycles. The third kappa shape index (κ3) is 2.76. The minimum atomic E-state index is 0. The van der Waals surface area contributed by atoms with Gasteiger partial charge in [-0.15, -0.1) is 0 Å². The van der Waals surface area contributed by atoms with Crippen LogP contribution in [-0.4, -0.2) is 12.1 Å². The Kier molecular flexibility index (Phi) is 4.60. The van der Waals surface area contributed by atoms with Gasteiger partial charge in [0, 0.05) is 33.2 Å². The smallest absolute Gasteiger partial charge is 0.0199 e. The van der Waals surface area contributed by atoms with Crippen molar-refractivity contribution < 1.29 is 20.4 Å². The second kappa shape index (κ2) is 4.69. The first-order valence-electron chi connectivity index (χ1n) is 2.50. The SMILES string of the molecule is CNCc1cn[n-]c1.[Re]. The molecule has 1 rings (SSSR count). The van der Waals surface area contributed by atoms with Crippen molar-refractivity contribution in [2.24, 2.45) is 0 Å². The average Bonchev–Trinajstić information content (AvgIpc) is 2.19. The van der Waals surface area contributed by atoms with Crippen molar-refractivity contribution in [3.63, 3.8) is 0 Å². The summed E-state index contributed by atoms with van der Waals surface area (Å²) in [6, 6.07) is 0. The van der Waals surface area contributed by atoms with E-state index in [2.05, 4.69) is 15.5 Å². The molecule has 0 aliphatic carbocycles. The summed E-state index contributed by atoms with van der Waals surface area (Å²) >= 11 is 0. The van der Waals surface area contributed by atoms with Crippen LogP contribution in [0.15, 0.2) is 12.4 Å². The Hall–Kier alpha value is -0.168. The molecule has 0 unspecified atom stereocenters. The van der Waals surface area contributed by atoms with Crippen molar-refractivity contribution in [2.45, 2.75) is 6.54 Å². The standard InChI is InChI=1S/C5H8N3.Re/c1-6-2-5-3-7-8-4-5;/h3-4,6H,2H2,1H3;/q-1;. The Morgan fingerprint density at radius 1 is 1.78 bits per heavy atom. The molecular weight excluding hydrogens is 288 g/mol. The molecule has 0 fully saturated rings. The average molecular weight is 296 g/mol. The van der Waals surface area contributed by atoms with Gasteiger partial charge in [-0.1, -0.05) is 0 Å². The van der Waals surface area contributed by atoms with Gasteiger partial charge in [-0.05, 0) is 12.6 Å². The predicted molar refractivity (Wildman–Crippen MR) is 30.3 cm³/mol. The van der Waals surface area contributed by atoms with E-state index in [0.29, 0.717) is 0 Å². The van der Waals surface area contributed by atoms with E-state index < -0.39 is 0 Å². The Morgan fingerprint density at radius 3 is 3.00 bits per heavy atom. The van der Waals surface area contributed by atoms with Gasteiger partial charge in [0.25, 0.3) is 0 Å². The molecule has 0 aliphatic heterocycles. The first kappa shape index (κ1) is 8.83. The molecule has 0 spiro atoms. The van der Waals surface area contributed by atoms with Crippen LogP contribution in [0.25, 0.3) is 0 Å². The quantitative estimate of drug-likeness (QED) is 0.818. The van der Waals surface area contributed by atoms with Crippen molar-refractivity contribution >= 4 is 0 Å². The minimum Gasteiger partial charge on any atom is -0.581 e. The first-order valence-corrected chi connectivity index (χ1v) is 2.50. The number of nitrogens with one attached hydrogen (secondary N) is 1. The van der Waals surface area contributed by atoms with Gasteiger partial charge in [-0.25, -0.2) is 0 Å². The van der Waals surface area contributed by atoms with E-state index in [1.165, 1.54) is 0 Å². The van der Waals surface area contributed by atoms with E-state index in [4.69, 9.17) is 0 Å². The zero-order valence-corrected chi connectivity index (χ0v) is 7.85. The second-order valence-electron chi connectivity index (χ2n) is 1.59. The van der Waals surface area contributed by atoms with Crippen LogP contribution in [0.3, 0.4) is 0 Å². The summed E-state index contributed by atoms with van der Waals surface area (Å²) in [5, 5.41) is 10.3. The molecule has 0 aromatic carbocycles. The van der Waals surface area contributed by atoms with Crippen LogP contribution >= 0.6 is 0 Å². The number of rotatable bonds is 2. The van der Waals surface area contributed by atoms with Gasteiger partial charge < -0.3 is 15.5 Å². The normalized spacial score (nSPS) is 8.56. The van der Waals surface area contributed by atoms with E-state index in [1.54, 1.807) is 12.4 Å². The van der Waals surface area contributed by atoms with Gasteiger partial charge in [0.2, 0.25) is 0 Å². The summed E-state index contributed by atoms with van der Waals surface area (Å²) in [6.45, 7) is 0.854. The fraction of sp³-hybridized carbons (Fsp3) is 0.400.